The zero-order chi connectivity index (χ0) is 16.8. The first kappa shape index (κ1) is 15.9. The Morgan fingerprint density at radius 2 is 2.13 bits per heavy atom. The van der Waals surface area contributed by atoms with E-state index in [-0.39, 0.29) is 29.7 Å². The number of thiazole rings is 1. The number of rotatable bonds is 2. The van der Waals surface area contributed by atoms with Crippen molar-refractivity contribution in [3.05, 3.63) is 23.8 Å². The molecule has 0 unspecified atom stereocenters. The molecule has 122 valence electrons. The number of likely N-dealkylation sites (tertiary alicyclic amines) is 1. The quantitative estimate of drug-likeness (QED) is 0.919. The highest BCUT2D eigenvalue weighted by Gasteiger charge is 2.39. The van der Waals surface area contributed by atoms with Gasteiger partial charge in [0.15, 0.2) is 5.13 Å². The lowest BCUT2D eigenvalue weighted by atomic mass is 10.1. The third-order valence-corrected chi connectivity index (χ3v) is 5.09. The third kappa shape index (κ3) is 3.08. The molecule has 0 spiro atoms. The normalized spacial score (nSPS) is 18.7. The maximum atomic E-state index is 12.5. The number of carbonyl (C=O) groups excluding carboxylic acids is 2. The van der Waals surface area contributed by atoms with E-state index in [1.54, 1.807) is 4.90 Å². The van der Waals surface area contributed by atoms with E-state index in [0.29, 0.717) is 11.7 Å². The van der Waals surface area contributed by atoms with E-state index in [9.17, 15) is 9.59 Å². The summed E-state index contributed by atoms with van der Waals surface area (Å²) in [5, 5.41) is 3.48. The molecule has 23 heavy (non-hydrogen) atoms. The monoisotopic (exact) mass is 331 g/mol. The second-order valence-electron chi connectivity index (χ2n) is 7.01. The fraction of sp³-hybridized carbons (Fsp3) is 0.471. The molecule has 2 aromatic rings. The van der Waals surface area contributed by atoms with Crippen molar-refractivity contribution in [3.8, 4) is 0 Å². The van der Waals surface area contributed by atoms with Crippen LogP contribution in [-0.4, -0.2) is 33.8 Å². The molecule has 3 rings (SSSR count). The number of amides is 2. The van der Waals surface area contributed by atoms with Crippen LogP contribution in [-0.2, 0) is 9.59 Å². The van der Waals surface area contributed by atoms with E-state index in [2.05, 4.69) is 10.3 Å². The van der Waals surface area contributed by atoms with Gasteiger partial charge in [0.1, 0.15) is 0 Å². The average molecular weight is 331 g/mol. The molecular formula is C17H21N3O2S. The average Bonchev–Trinajstić information content (AvgIpc) is 3.02. The van der Waals surface area contributed by atoms with E-state index >= 15 is 0 Å². The Bertz CT molecular complexity index is 776. The van der Waals surface area contributed by atoms with Crippen LogP contribution in [0.2, 0.25) is 0 Å². The van der Waals surface area contributed by atoms with Crippen LogP contribution in [0.25, 0.3) is 10.2 Å². The largest absolute Gasteiger partial charge is 0.337 e. The number of benzene rings is 1. The Labute approximate surface area is 139 Å². The van der Waals surface area contributed by atoms with Crippen molar-refractivity contribution in [1.82, 2.24) is 9.88 Å². The van der Waals surface area contributed by atoms with Gasteiger partial charge in [-0.3, -0.25) is 9.59 Å². The number of carbonyl (C=O) groups is 2. The lowest BCUT2D eigenvalue weighted by Gasteiger charge is -2.31. The maximum Gasteiger partial charge on any atom is 0.231 e. The summed E-state index contributed by atoms with van der Waals surface area (Å²) < 4.78 is 1.05. The number of nitrogens with zero attached hydrogens (tertiary/aromatic N) is 2. The van der Waals surface area contributed by atoms with Crippen molar-refractivity contribution in [2.24, 2.45) is 5.92 Å². The van der Waals surface area contributed by atoms with Gasteiger partial charge in [0.2, 0.25) is 11.8 Å². The Kier molecular flexibility index (Phi) is 3.88. The molecule has 0 radical (unpaired) electrons. The fourth-order valence-electron chi connectivity index (χ4n) is 2.88. The van der Waals surface area contributed by atoms with E-state index in [1.165, 1.54) is 11.3 Å². The number of aryl methyl sites for hydroxylation is 1. The molecular weight excluding hydrogens is 310 g/mol. The lowest BCUT2D eigenvalue weighted by Crippen LogP contribution is -2.42. The van der Waals surface area contributed by atoms with Crippen molar-refractivity contribution < 1.29 is 9.59 Å². The van der Waals surface area contributed by atoms with Crippen molar-refractivity contribution in [3.63, 3.8) is 0 Å². The number of nitrogens with one attached hydrogen (secondary N) is 1. The number of para-hydroxylation sites is 1. The zero-order valence-electron chi connectivity index (χ0n) is 13.8. The lowest BCUT2D eigenvalue weighted by molar-refractivity contribution is -0.131. The van der Waals surface area contributed by atoms with Gasteiger partial charge in [-0.05, 0) is 39.3 Å². The molecule has 5 nitrogen and oxygen atoms in total. The standard InChI is InChI=1S/C17H21N3O2S/c1-10-6-5-7-12-14(10)18-16(23-12)19-15(22)11-8-13(21)20(9-11)17(2,3)4/h5-7,11H,8-9H2,1-4H3,(H,18,19,22)/t11-/m1/s1. The van der Waals surface area contributed by atoms with Crippen LogP contribution >= 0.6 is 11.3 Å². The van der Waals surface area contributed by atoms with Crippen LogP contribution in [0.1, 0.15) is 32.8 Å². The number of anilines is 1. The second-order valence-corrected chi connectivity index (χ2v) is 8.04. The summed E-state index contributed by atoms with van der Waals surface area (Å²) >= 11 is 1.46. The highest BCUT2D eigenvalue weighted by Crippen LogP contribution is 2.30. The summed E-state index contributed by atoms with van der Waals surface area (Å²) in [5.41, 5.74) is 1.76. The predicted octanol–water partition coefficient (Wildman–Crippen LogP) is 3.19. The summed E-state index contributed by atoms with van der Waals surface area (Å²) in [6.07, 6.45) is 0.271. The molecule has 1 saturated heterocycles. The van der Waals surface area contributed by atoms with Crippen molar-refractivity contribution >= 4 is 38.5 Å². The molecule has 1 atom stereocenters. The van der Waals surface area contributed by atoms with Crippen LogP contribution < -0.4 is 5.32 Å². The smallest absolute Gasteiger partial charge is 0.231 e. The SMILES string of the molecule is Cc1cccc2sc(NC(=O)[C@@H]3CC(=O)N(C(C)(C)C)C3)nc12. The number of hydrogen-bond acceptors (Lipinski definition) is 4. The van der Waals surface area contributed by atoms with Crippen molar-refractivity contribution in [2.45, 2.75) is 39.7 Å². The van der Waals surface area contributed by atoms with Gasteiger partial charge in [0.05, 0.1) is 16.1 Å². The molecule has 0 aliphatic carbocycles. The maximum absolute atomic E-state index is 12.5. The topological polar surface area (TPSA) is 62.3 Å². The third-order valence-electron chi connectivity index (χ3n) is 4.16. The van der Waals surface area contributed by atoms with E-state index in [1.807, 2.05) is 45.9 Å². The van der Waals surface area contributed by atoms with Gasteiger partial charge in [0, 0.05) is 18.5 Å². The zero-order valence-corrected chi connectivity index (χ0v) is 14.7. The molecule has 1 aromatic heterocycles. The highest BCUT2D eigenvalue weighted by molar-refractivity contribution is 7.22. The Morgan fingerprint density at radius 3 is 2.74 bits per heavy atom. The first-order chi connectivity index (χ1) is 10.8. The Morgan fingerprint density at radius 1 is 1.39 bits per heavy atom. The minimum Gasteiger partial charge on any atom is -0.337 e. The van der Waals surface area contributed by atoms with E-state index in [0.717, 1.165) is 15.8 Å². The van der Waals surface area contributed by atoms with Crippen LogP contribution in [0.5, 0.6) is 0 Å². The summed E-state index contributed by atoms with van der Waals surface area (Å²) in [5.74, 6) is -0.394. The van der Waals surface area contributed by atoms with Gasteiger partial charge in [-0.15, -0.1) is 0 Å². The van der Waals surface area contributed by atoms with Crippen molar-refractivity contribution in [2.75, 3.05) is 11.9 Å². The molecule has 1 aromatic carbocycles. The highest BCUT2D eigenvalue weighted by atomic mass is 32.1. The van der Waals surface area contributed by atoms with Gasteiger partial charge in [-0.25, -0.2) is 4.98 Å². The van der Waals surface area contributed by atoms with Crippen LogP contribution in [0, 0.1) is 12.8 Å². The van der Waals surface area contributed by atoms with Gasteiger partial charge in [-0.1, -0.05) is 23.5 Å². The number of hydrogen-bond donors (Lipinski definition) is 1. The molecule has 1 N–H and O–H groups in total. The second kappa shape index (κ2) is 5.60. The van der Waals surface area contributed by atoms with Gasteiger partial charge < -0.3 is 10.2 Å². The summed E-state index contributed by atoms with van der Waals surface area (Å²) in [6, 6.07) is 5.99. The van der Waals surface area contributed by atoms with Gasteiger partial charge in [0.25, 0.3) is 0 Å². The first-order valence-electron chi connectivity index (χ1n) is 7.73. The minimum atomic E-state index is -0.310. The summed E-state index contributed by atoms with van der Waals surface area (Å²) in [6.45, 7) is 8.44. The number of fused-ring (bicyclic) bond motifs is 1. The van der Waals surface area contributed by atoms with Crippen LogP contribution in [0.3, 0.4) is 0 Å². The fourth-order valence-corrected chi connectivity index (χ4v) is 3.83. The molecule has 0 bridgehead atoms. The van der Waals surface area contributed by atoms with E-state index in [4.69, 9.17) is 0 Å². The summed E-state index contributed by atoms with van der Waals surface area (Å²) in [7, 11) is 0. The van der Waals surface area contributed by atoms with Gasteiger partial charge >= 0.3 is 0 Å². The Hall–Kier alpha value is -1.95. The van der Waals surface area contributed by atoms with Crippen LogP contribution in [0.4, 0.5) is 5.13 Å². The molecule has 6 heteroatoms. The first-order valence-corrected chi connectivity index (χ1v) is 8.55. The molecule has 2 heterocycles. The Balaban J connectivity index is 1.74. The minimum absolute atomic E-state index is 0.0396. The molecule has 1 fully saturated rings. The molecule has 2 amide bonds. The summed E-state index contributed by atoms with van der Waals surface area (Å²) in [4.78, 5) is 30.9. The predicted molar refractivity (Wildman–Crippen MR) is 92.6 cm³/mol. The number of aromatic nitrogens is 1. The van der Waals surface area contributed by atoms with E-state index < -0.39 is 0 Å². The van der Waals surface area contributed by atoms with Gasteiger partial charge in [-0.2, -0.15) is 0 Å². The molecule has 0 saturated carbocycles. The van der Waals surface area contributed by atoms with Crippen LogP contribution in [0.15, 0.2) is 18.2 Å². The molecule has 1 aliphatic heterocycles. The van der Waals surface area contributed by atoms with Crippen molar-refractivity contribution in [1.29, 1.82) is 0 Å². The molecule has 1 aliphatic rings.